The number of hydrogen-bond donors (Lipinski definition) is 1. The van der Waals surface area contributed by atoms with Gasteiger partial charge in [0, 0.05) is 41.4 Å². The first-order valence-corrected chi connectivity index (χ1v) is 16.1. The summed E-state index contributed by atoms with van der Waals surface area (Å²) in [5, 5.41) is 11.6. The van der Waals surface area contributed by atoms with Crippen LogP contribution < -0.4 is 0 Å². The first-order chi connectivity index (χ1) is 18.8. The molecule has 1 aliphatic rings. The standard InChI is InChI=1S/C34H55N3O/c1-3-4-5-6-7-8-9-10-11-12-13-14-15-16-17-20-25-37(30-22-21-26-38-28-30)33(27-35)34-29(2)36-32-24-19-18-23-31(32)34/h18-19,23-24,30,33,36H,3-17,20-22,25-26,28H2,1-2H3. The van der Waals surface area contributed by atoms with Gasteiger partial charge in [0.05, 0.1) is 12.7 Å². The molecule has 2 heterocycles. The Kier molecular flexibility index (Phi) is 14.9. The van der Waals surface area contributed by atoms with Crippen molar-refractivity contribution >= 4 is 10.9 Å². The minimum absolute atomic E-state index is 0.228. The van der Waals surface area contributed by atoms with Gasteiger partial charge in [0.2, 0.25) is 0 Å². The number of rotatable bonds is 20. The summed E-state index contributed by atoms with van der Waals surface area (Å²) in [5.41, 5.74) is 3.40. The Hall–Kier alpha value is -1.83. The predicted octanol–water partition coefficient (Wildman–Crippen LogP) is 9.78. The van der Waals surface area contributed by atoms with E-state index in [1.54, 1.807) is 0 Å². The molecule has 1 N–H and O–H groups in total. The van der Waals surface area contributed by atoms with Crippen molar-refractivity contribution in [2.45, 2.75) is 142 Å². The molecule has 212 valence electrons. The molecular formula is C34H55N3O. The van der Waals surface area contributed by atoms with Crippen LogP contribution in [0.2, 0.25) is 0 Å². The summed E-state index contributed by atoms with van der Waals surface area (Å²) in [4.78, 5) is 5.98. The highest BCUT2D eigenvalue weighted by Crippen LogP contribution is 2.34. The highest BCUT2D eigenvalue weighted by atomic mass is 16.5. The number of fused-ring (bicyclic) bond motifs is 1. The van der Waals surface area contributed by atoms with Gasteiger partial charge in [-0.15, -0.1) is 0 Å². The second kappa shape index (κ2) is 18.5. The number of aryl methyl sites for hydroxylation is 1. The molecule has 0 spiro atoms. The lowest BCUT2D eigenvalue weighted by Gasteiger charge is -2.37. The van der Waals surface area contributed by atoms with E-state index >= 15 is 0 Å². The van der Waals surface area contributed by atoms with Gasteiger partial charge in [-0.2, -0.15) is 5.26 Å². The maximum Gasteiger partial charge on any atom is 0.126 e. The Morgan fingerprint density at radius 3 is 2.03 bits per heavy atom. The molecule has 1 aromatic carbocycles. The number of benzene rings is 1. The molecule has 0 radical (unpaired) electrons. The number of H-pyrrole nitrogens is 1. The molecular weight excluding hydrogens is 466 g/mol. The summed E-state index contributed by atoms with van der Waals surface area (Å²) in [6.45, 7) is 6.99. The van der Waals surface area contributed by atoms with Crippen molar-refractivity contribution in [1.29, 1.82) is 5.26 Å². The summed E-state index contributed by atoms with van der Waals surface area (Å²) < 4.78 is 5.87. The molecule has 0 aliphatic carbocycles. The second-order valence-corrected chi connectivity index (χ2v) is 11.7. The van der Waals surface area contributed by atoms with E-state index in [2.05, 4.69) is 54.1 Å². The number of nitriles is 1. The van der Waals surface area contributed by atoms with Crippen LogP contribution in [0.15, 0.2) is 24.3 Å². The maximum atomic E-state index is 10.4. The largest absolute Gasteiger partial charge is 0.380 e. The van der Waals surface area contributed by atoms with Gasteiger partial charge in [0.15, 0.2) is 0 Å². The Labute approximate surface area is 233 Å². The average Bonchev–Trinajstić information content (AvgIpc) is 3.28. The van der Waals surface area contributed by atoms with Gasteiger partial charge in [0.25, 0.3) is 0 Å². The number of unbranched alkanes of at least 4 members (excludes halogenated alkanes) is 15. The lowest BCUT2D eigenvalue weighted by atomic mass is 9.98. The lowest BCUT2D eigenvalue weighted by molar-refractivity contribution is 0.00752. The predicted molar refractivity (Wildman–Crippen MR) is 161 cm³/mol. The second-order valence-electron chi connectivity index (χ2n) is 11.7. The minimum Gasteiger partial charge on any atom is -0.380 e. The molecule has 4 heteroatoms. The van der Waals surface area contributed by atoms with E-state index in [-0.39, 0.29) is 6.04 Å². The SMILES string of the molecule is CCCCCCCCCCCCCCCCCCN(C1CCCOC1)C(C#N)c1c(C)[nH]c2ccccc12. The molecule has 1 saturated heterocycles. The molecule has 0 saturated carbocycles. The fourth-order valence-corrected chi connectivity index (χ4v) is 6.31. The first kappa shape index (κ1) is 30.7. The van der Waals surface area contributed by atoms with Gasteiger partial charge in [0.1, 0.15) is 6.04 Å². The van der Waals surface area contributed by atoms with Gasteiger partial charge in [-0.25, -0.2) is 0 Å². The Balaban J connectivity index is 1.35. The van der Waals surface area contributed by atoms with E-state index < -0.39 is 0 Å². The Morgan fingerprint density at radius 1 is 0.895 bits per heavy atom. The van der Waals surface area contributed by atoms with E-state index in [0.717, 1.165) is 55.8 Å². The van der Waals surface area contributed by atoms with Crippen LogP contribution in [0.5, 0.6) is 0 Å². The van der Waals surface area contributed by atoms with Crippen molar-refractivity contribution in [3.05, 3.63) is 35.5 Å². The van der Waals surface area contributed by atoms with Crippen LogP contribution in [-0.2, 0) is 4.74 Å². The van der Waals surface area contributed by atoms with Gasteiger partial charge < -0.3 is 9.72 Å². The highest BCUT2D eigenvalue weighted by Gasteiger charge is 2.31. The molecule has 4 nitrogen and oxygen atoms in total. The third kappa shape index (κ3) is 10.0. The molecule has 0 amide bonds. The van der Waals surface area contributed by atoms with Crippen LogP contribution in [0.3, 0.4) is 0 Å². The van der Waals surface area contributed by atoms with Crippen molar-refractivity contribution in [3.8, 4) is 6.07 Å². The van der Waals surface area contributed by atoms with Gasteiger partial charge >= 0.3 is 0 Å². The number of nitrogens with zero attached hydrogens (tertiary/aromatic N) is 2. The first-order valence-electron chi connectivity index (χ1n) is 16.1. The van der Waals surface area contributed by atoms with Crippen LogP contribution >= 0.6 is 0 Å². The van der Waals surface area contributed by atoms with Crippen LogP contribution in [0.4, 0.5) is 0 Å². The van der Waals surface area contributed by atoms with E-state index in [1.165, 1.54) is 102 Å². The summed E-state index contributed by atoms with van der Waals surface area (Å²) in [6, 6.07) is 11.2. The summed E-state index contributed by atoms with van der Waals surface area (Å²) in [7, 11) is 0. The molecule has 0 bridgehead atoms. The van der Waals surface area contributed by atoms with Gasteiger partial charge in [-0.05, 0) is 32.3 Å². The van der Waals surface area contributed by atoms with Crippen LogP contribution in [0, 0.1) is 18.3 Å². The van der Waals surface area contributed by atoms with E-state index in [4.69, 9.17) is 4.74 Å². The summed E-state index contributed by atoms with van der Waals surface area (Å²) in [5.74, 6) is 0. The van der Waals surface area contributed by atoms with Crippen molar-refractivity contribution < 1.29 is 4.74 Å². The monoisotopic (exact) mass is 521 g/mol. The summed E-state index contributed by atoms with van der Waals surface area (Å²) in [6.07, 6.45) is 24.3. The molecule has 3 rings (SSSR count). The minimum atomic E-state index is -0.228. The number of nitrogens with one attached hydrogen (secondary N) is 1. The van der Waals surface area contributed by atoms with E-state index in [1.807, 2.05) is 0 Å². The molecule has 1 fully saturated rings. The number of hydrogen-bond acceptors (Lipinski definition) is 3. The fraction of sp³-hybridized carbons (Fsp3) is 0.735. The van der Waals surface area contributed by atoms with Crippen LogP contribution in [-0.4, -0.2) is 35.7 Å². The average molecular weight is 522 g/mol. The Morgan fingerprint density at radius 2 is 1.47 bits per heavy atom. The zero-order chi connectivity index (χ0) is 26.8. The topological polar surface area (TPSA) is 52.0 Å². The van der Waals surface area contributed by atoms with Crippen LogP contribution in [0.25, 0.3) is 10.9 Å². The maximum absolute atomic E-state index is 10.4. The Bertz CT molecular complexity index is 923. The zero-order valence-corrected chi connectivity index (χ0v) is 24.6. The van der Waals surface area contributed by atoms with E-state index in [0.29, 0.717) is 6.04 Å². The third-order valence-electron chi connectivity index (χ3n) is 8.55. The van der Waals surface area contributed by atoms with E-state index in [9.17, 15) is 5.26 Å². The quantitative estimate of drug-likeness (QED) is 0.176. The van der Waals surface area contributed by atoms with Crippen molar-refractivity contribution in [3.63, 3.8) is 0 Å². The van der Waals surface area contributed by atoms with Gasteiger partial charge in [-0.3, -0.25) is 4.90 Å². The van der Waals surface area contributed by atoms with Crippen molar-refractivity contribution in [2.24, 2.45) is 0 Å². The number of aromatic nitrogens is 1. The highest BCUT2D eigenvalue weighted by molar-refractivity contribution is 5.85. The molecule has 38 heavy (non-hydrogen) atoms. The molecule has 2 aromatic rings. The van der Waals surface area contributed by atoms with Gasteiger partial charge in [-0.1, -0.05) is 121 Å². The summed E-state index contributed by atoms with van der Waals surface area (Å²) >= 11 is 0. The smallest absolute Gasteiger partial charge is 0.126 e. The third-order valence-corrected chi connectivity index (χ3v) is 8.55. The normalized spacial score (nSPS) is 16.7. The number of para-hydroxylation sites is 1. The zero-order valence-electron chi connectivity index (χ0n) is 24.6. The molecule has 2 unspecified atom stereocenters. The number of ether oxygens (including phenoxy) is 1. The molecule has 2 atom stereocenters. The van der Waals surface area contributed by atoms with Crippen molar-refractivity contribution in [1.82, 2.24) is 9.88 Å². The van der Waals surface area contributed by atoms with Crippen molar-refractivity contribution in [2.75, 3.05) is 19.8 Å². The lowest BCUT2D eigenvalue weighted by Crippen LogP contribution is -2.43. The molecule has 1 aromatic heterocycles. The number of aromatic amines is 1. The molecule has 1 aliphatic heterocycles. The fourth-order valence-electron chi connectivity index (χ4n) is 6.31. The van der Waals surface area contributed by atoms with Crippen LogP contribution in [0.1, 0.15) is 140 Å².